The molecule has 0 saturated carbocycles. The number of fused-ring (bicyclic) bond motifs is 1. The molecule has 0 spiro atoms. The maximum Gasteiger partial charge on any atom is 0.275 e. The highest BCUT2D eigenvalue weighted by Gasteiger charge is 2.24. The van der Waals surface area contributed by atoms with Crippen molar-refractivity contribution in [1.82, 2.24) is 19.6 Å². The lowest BCUT2D eigenvalue weighted by Gasteiger charge is -2.22. The van der Waals surface area contributed by atoms with Crippen LogP contribution in [0.2, 0.25) is 0 Å². The Kier molecular flexibility index (Phi) is 5.56. The number of carbonyl (C=O) groups is 2. The van der Waals surface area contributed by atoms with E-state index >= 15 is 0 Å². The molecule has 2 amide bonds. The van der Waals surface area contributed by atoms with Gasteiger partial charge in [-0.15, -0.1) is 0 Å². The van der Waals surface area contributed by atoms with Crippen LogP contribution in [0.15, 0.2) is 59.5 Å². The van der Waals surface area contributed by atoms with Gasteiger partial charge in [0, 0.05) is 31.6 Å². The van der Waals surface area contributed by atoms with Gasteiger partial charge in [-0.1, -0.05) is 30.3 Å². The zero-order chi connectivity index (χ0) is 21.1. The summed E-state index contributed by atoms with van der Waals surface area (Å²) in [6, 6.07) is 13.0. The summed E-state index contributed by atoms with van der Waals surface area (Å²) in [7, 11) is 0. The number of hydrogen-bond donors (Lipinski definition) is 0. The molecule has 30 heavy (non-hydrogen) atoms. The van der Waals surface area contributed by atoms with Gasteiger partial charge in [0.25, 0.3) is 11.5 Å². The van der Waals surface area contributed by atoms with Gasteiger partial charge >= 0.3 is 0 Å². The highest BCUT2D eigenvalue weighted by atomic mass is 19.1. The van der Waals surface area contributed by atoms with E-state index in [1.807, 2.05) is 6.07 Å². The van der Waals surface area contributed by atoms with Gasteiger partial charge in [0.1, 0.15) is 12.4 Å². The molecule has 2 heterocycles. The predicted octanol–water partition coefficient (Wildman–Crippen LogP) is 1.91. The number of rotatable bonds is 3. The van der Waals surface area contributed by atoms with E-state index in [-0.39, 0.29) is 29.5 Å². The fourth-order valence-electron chi connectivity index (χ4n) is 3.64. The van der Waals surface area contributed by atoms with Crippen LogP contribution in [0.25, 0.3) is 10.8 Å². The number of hydrogen-bond acceptors (Lipinski definition) is 4. The second kappa shape index (κ2) is 8.44. The molecule has 0 unspecified atom stereocenters. The smallest absolute Gasteiger partial charge is 0.275 e. The Morgan fingerprint density at radius 3 is 2.47 bits per heavy atom. The number of benzene rings is 2. The second-order valence-corrected chi connectivity index (χ2v) is 7.20. The molecule has 1 aliphatic heterocycles. The first-order valence-electron chi connectivity index (χ1n) is 9.81. The molecule has 0 aliphatic carbocycles. The molecule has 0 atom stereocenters. The summed E-state index contributed by atoms with van der Waals surface area (Å²) in [6.45, 7) is 1.36. The van der Waals surface area contributed by atoms with Crippen LogP contribution in [0.5, 0.6) is 0 Å². The van der Waals surface area contributed by atoms with E-state index < -0.39 is 5.82 Å². The van der Waals surface area contributed by atoms with Gasteiger partial charge in [-0.25, -0.2) is 9.07 Å². The number of nitrogens with zero attached hydrogens (tertiary/aromatic N) is 4. The molecule has 7 nitrogen and oxygen atoms in total. The van der Waals surface area contributed by atoms with Crippen LogP contribution in [-0.4, -0.2) is 57.6 Å². The van der Waals surface area contributed by atoms with Gasteiger partial charge < -0.3 is 9.80 Å². The topological polar surface area (TPSA) is 75.5 Å². The van der Waals surface area contributed by atoms with E-state index in [1.165, 1.54) is 18.2 Å². The van der Waals surface area contributed by atoms with Crippen molar-refractivity contribution in [2.45, 2.75) is 13.0 Å². The Hall–Kier alpha value is -3.55. The van der Waals surface area contributed by atoms with Gasteiger partial charge in [0.05, 0.1) is 17.1 Å². The number of aromatic nitrogens is 2. The van der Waals surface area contributed by atoms with Crippen LogP contribution >= 0.6 is 0 Å². The van der Waals surface area contributed by atoms with Gasteiger partial charge in [-0.2, -0.15) is 5.10 Å². The van der Waals surface area contributed by atoms with E-state index in [9.17, 15) is 18.8 Å². The Balaban J connectivity index is 1.44. The fourth-order valence-corrected chi connectivity index (χ4v) is 3.64. The van der Waals surface area contributed by atoms with Crippen molar-refractivity contribution >= 4 is 22.6 Å². The predicted molar refractivity (Wildman–Crippen MR) is 110 cm³/mol. The summed E-state index contributed by atoms with van der Waals surface area (Å²) in [4.78, 5) is 41.2. The SMILES string of the molecule is O=C(Cn1ncc2ccccc2c1=O)N1CCCN(C(=O)c2ccccc2F)CC1. The Morgan fingerprint density at radius 1 is 0.933 bits per heavy atom. The molecule has 0 N–H and O–H groups in total. The van der Waals surface area contributed by atoms with Gasteiger partial charge in [0.2, 0.25) is 5.91 Å². The number of amides is 2. The van der Waals surface area contributed by atoms with Crippen molar-refractivity contribution in [1.29, 1.82) is 0 Å². The Labute approximate surface area is 172 Å². The van der Waals surface area contributed by atoms with Gasteiger partial charge in [0.15, 0.2) is 0 Å². The van der Waals surface area contributed by atoms with Crippen molar-refractivity contribution in [2.75, 3.05) is 26.2 Å². The third kappa shape index (κ3) is 3.94. The number of halogens is 1. The molecule has 0 radical (unpaired) electrons. The van der Waals surface area contributed by atoms with Crippen molar-refractivity contribution in [3.05, 3.63) is 76.5 Å². The average Bonchev–Trinajstić information content (AvgIpc) is 3.02. The lowest BCUT2D eigenvalue weighted by atomic mass is 10.2. The van der Waals surface area contributed by atoms with Crippen molar-refractivity contribution in [3.63, 3.8) is 0 Å². The highest BCUT2D eigenvalue weighted by Crippen LogP contribution is 2.13. The normalized spacial score (nSPS) is 14.6. The fraction of sp³-hybridized carbons (Fsp3) is 0.273. The van der Waals surface area contributed by atoms with Gasteiger partial charge in [-0.05, 0) is 24.6 Å². The third-order valence-corrected chi connectivity index (χ3v) is 5.29. The molecular weight excluding hydrogens is 387 g/mol. The molecule has 3 aromatic rings. The van der Waals surface area contributed by atoms with Crippen molar-refractivity contribution in [3.8, 4) is 0 Å². The maximum absolute atomic E-state index is 13.9. The van der Waals surface area contributed by atoms with E-state index in [4.69, 9.17) is 0 Å². The van der Waals surface area contributed by atoms with E-state index in [0.29, 0.717) is 38.0 Å². The first-order valence-corrected chi connectivity index (χ1v) is 9.81. The monoisotopic (exact) mass is 408 g/mol. The molecule has 1 aliphatic rings. The van der Waals surface area contributed by atoms with E-state index in [1.54, 1.807) is 40.3 Å². The summed E-state index contributed by atoms with van der Waals surface area (Å²) < 4.78 is 15.1. The molecule has 4 rings (SSSR count). The summed E-state index contributed by atoms with van der Waals surface area (Å²) >= 11 is 0. The van der Waals surface area contributed by atoms with Crippen molar-refractivity contribution < 1.29 is 14.0 Å². The number of carbonyl (C=O) groups excluding carboxylic acids is 2. The van der Waals surface area contributed by atoms with Crippen LogP contribution in [0.4, 0.5) is 4.39 Å². The first-order chi connectivity index (χ1) is 14.5. The zero-order valence-electron chi connectivity index (χ0n) is 16.3. The Morgan fingerprint density at radius 2 is 1.63 bits per heavy atom. The molecule has 2 aromatic carbocycles. The summed E-state index contributed by atoms with van der Waals surface area (Å²) in [5.41, 5.74) is -0.281. The lowest BCUT2D eigenvalue weighted by Crippen LogP contribution is -2.40. The van der Waals surface area contributed by atoms with Crippen LogP contribution in [0, 0.1) is 5.82 Å². The minimum atomic E-state index is -0.554. The molecule has 0 bridgehead atoms. The molecule has 1 saturated heterocycles. The molecule has 154 valence electrons. The minimum Gasteiger partial charge on any atom is -0.339 e. The summed E-state index contributed by atoms with van der Waals surface area (Å²) in [5.74, 6) is -1.17. The molecular formula is C22H21FN4O3. The molecule has 1 aromatic heterocycles. The van der Waals surface area contributed by atoms with Crippen LogP contribution in [-0.2, 0) is 11.3 Å². The maximum atomic E-state index is 13.9. The average molecular weight is 408 g/mol. The zero-order valence-corrected chi connectivity index (χ0v) is 16.3. The van der Waals surface area contributed by atoms with Crippen molar-refractivity contribution in [2.24, 2.45) is 0 Å². The standard InChI is InChI=1S/C22H21FN4O3/c23-19-9-4-3-8-18(19)21(29)26-11-5-10-25(12-13-26)20(28)15-27-22(30)17-7-2-1-6-16(17)14-24-27/h1-4,6-9,14H,5,10-13,15H2. The Bertz CT molecular complexity index is 1160. The molecule has 1 fully saturated rings. The minimum absolute atomic E-state index is 0.0317. The molecule has 8 heteroatoms. The van der Waals surface area contributed by atoms with E-state index in [0.717, 1.165) is 10.1 Å². The van der Waals surface area contributed by atoms with Crippen LogP contribution in [0.3, 0.4) is 0 Å². The highest BCUT2D eigenvalue weighted by molar-refractivity contribution is 5.94. The summed E-state index contributed by atoms with van der Waals surface area (Å²) in [6.07, 6.45) is 2.15. The third-order valence-electron chi connectivity index (χ3n) is 5.29. The van der Waals surface area contributed by atoms with Crippen LogP contribution in [0.1, 0.15) is 16.8 Å². The van der Waals surface area contributed by atoms with Gasteiger partial charge in [-0.3, -0.25) is 14.4 Å². The van der Waals surface area contributed by atoms with E-state index in [2.05, 4.69) is 5.10 Å². The lowest BCUT2D eigenvalue weighted by molar-refractivity contribution is -0.132. The largest absolute Gasteiger partial charge is 0.339 e. The first kappa shape index (κ1) is 19.8. The quantitative estimate of drug-likeness (QED) is 0.664. The van der Waals surface area contributed by atoms with Crippen LogP contribution < -0.4 is 5.56 Å². The summed E-state index contributed by atoms with van der Waals surface area (Å²) in [5, 5.41) is 5.34. The second-order valence-electron chi connectivity index (χ2n) is 7.20.